The first-order valence-electron chi connectivity index (χ1n) is 8.14. The maximum atomic E-state index is 11.9. The van der Waals surface area contributed by atoms with Crippen molar-refractivity contribution in [1.82, 2.24) is 19.9 Å². The summed E-state index contributed by atoms with van der Waals surface area (Å²) < 4.78 is 1.64. The third-order valence-corrected chi connectivity index (χ3v) is 4.23. The molecule has 1 aromatic carbocycles. The van der Waals surface area contributed by atoms with Gasteiger partial charge < -0.3 is 5.32 Å². The van der Waals surface area contributed by atoms with Crippen molar-refractivity contribution >= 4 is 23.4 Å². The molecule has 4 rings (SSSR count). The summed E-state index contributed by atoms with van der Waals surface area (Å²) in [4.78, 5) is 28.0. The zero-order valence-corrected chi connectivity index (χ0v) is 13.7. The molecule has 126 valence electrons. The molecule has 7 nitrogen and oxygen atoms in total. The van der Waals surface area contributed by atoms with Crippen LogP contribution >= 0.6 is 0 Å². The van der Waals surface area contributed by atoms with Gasteiger partial charge in [-0.3, -0.25) is 14.9 Å². The van der Waals surface area contributed by atoms with Crippen molar-refractivity contribution in [2.24, 2.45) is 5.92 Å². The number of aromatic nitrogens is 3. The maximum Gasteiger partial charge on any atom is 0.251 e. The maximum absolute atomic E-state index is 11.9. The largest absolute Gasteiger partial charge is 0.355 e. The van der Waals surface area contributed by atoms with Gasteiger partial charge in [0.2, 0.25) is 11.9 Å². The normalized spacial score (nSPS) is 13.6. The lowest BCUT2D eigenvalue weighted by Crippen LogP contribution is -2.17. The zero-order valence-electron chi connectivity index (χ0n) is 13.7. The highest BCUT2D eigenvalue weighted by molar-refractivity contribution is 5.95. The van der Waals surface area contributed by atoms with Gasteiger partial charge in [0.1, 0.15) is 0 Å². The minimum atomic E-state index is -0.127. The molecule has 7 heteroatoms. The van der Waals surface area contributed by atoms with Crippen LogP contribution in [0.1, 0.15) is 23.2 Å². The van der Waals surface area contributed by atoms with Crippen molar-refractivity contribution in [3.63, 3.8) is 0 Å². The van der Waals surface area contributed by atoms with Gasteiger partial charge in [-0.2, -0.15) is 4.98 Å². The van der Waals surface area contributed by atoms with E-state index in [1.807, 2.05) is 24.3 Å². The lowest BCUT2D eigenvalue weighted by molar-refractivity contribution is -0.117. The van der Waals surface area contributed by atoms with Crippen LogP contribution in [-0.2, 0) is 4.79 Å². The van der Waals surface area contributed by atoms with E-state index in [1.54, 1.807) is 29.9 Å². The minimum Gasteiger partial charge on any atom is -0.355 e. The fraction of sp³-hybridized carbons (Fsp3) is 0.222. The van der Waals surface area contributed by atoms with Gasteiger partial charge in [-0.1, -0.05) is 12.1 Å². The van der Waals surface area contributed by atoms with Gasteiger partial charge in [-0.15, -0.1) is 5.10 Å². The van der Waals surface area contributed by atoms with Gasteiger partial charge in [0.15, 0.2) is 5.65 Å². The Morgan fingerprint density at radius 2 is 1.92 bits per heavy atom. The first-order valence-corrected chi connectivity index (χ1v) is 8.14. The number of rotatable bonds is 4. The van der Waals surface area contributed by atoms with Crippen LogP contribution in [0.4, 0.5) is 5.95 Å². The molecule has 1 aliphatic rings. The highest BCUT2D eigenvalue weighted by atomic mass is 16.2. The summed E-state index contributed by atoms with van der Waals surface area (Å²) in [5, 5.41) is 9.69. The predicted molar refractivity (Wildman–Crippen MR) is 93.2 cm³/mol. The summed E-state index contributed by atoms with van der Waals surface area (Å²) in [6, 6.07) is 11.1. The Morgan fingerprint density at radius 3 is 2.60 bits per heavy atom. The average Bonchev–Trinajstić information content (AvgIpc) is 3.41. The van der Waals surface area contributed by atoms with Gasteiger partial charge in [0.25, 0.3) is 5.91 Å². The Labute approximate surface area is 144 Å². The molecular weight excluding hydrogens is 318 g/mol. The number of nitrogens with one attached hydrogen (secondary N) is 2. The number of hydrogen-bond acceptors (Lipinski definition) is 4. The summed E-state index contributed by atoms with van der Waals surface area (Å²) in [7, 11) is 1.60. The van der Waals surface area contributed by atoms with Gasteiger partial charge in [-0.25, -0.2) is 4.52 Å². The molecule has 0 aliphatic heterocycles. The van der Waals surface area contributed by atoms with E-state index in [2.05, 4.69) is 20.7 Å². The molecule has 2 aromatic heterocycles. The molecule has 1 saturated carbocycles. The van der Waals surface area contributed by atoms with Gasteiger partial charge in [0, 0.05) is 30.3 Å². The van der Waals surface area contributed by atoms with Crippen LogP contribution < -0.4 is 10.6 Å². The number of amides is 2. The van der Waals surface area contributed by atoms with Crippen LogP contribution in [0, 0.1) is 5.92 Å². The van der Waals surface area contributed by atoms with E-state index in [-0.39, 0.29) is 17.7 Å². The number of pyridine rings is 1. The topological polar surface area (TPSA) is 88.4 Å². The van der Waals surface area contributed by atoms with Crippen LogP contribution in [0.5, 0.6) is 0 Å². The number of anilines is 1. The van der Waals surface area contributed by atoms with Crippen LogP contribution in [0.3, 0.4) is 0 Å². The van der Waals surface area contributed by atoms with E-state index in [0.29, 0.717) is 17.2 Å². The summed E-state index contributed by atoms with van der Waals surface area (Å²) in [5.41, 5.74) is 3.05. The number of carbonyl (C=O) groups excluding carboxylic acids is 2. The number of fused-ring (bicyclic) bond motifs is 1. The van der Waals surface area contributed by atoms with Crippen molar-refractivity contribution in [1.29, 1.82) is 0 Å². The Bertz CT molecular complexity index is 957. The van der Waals surface area contributed by atoms with E-state index in [4.69, 9.17) is 0 Å². The lowest BCUT2D eigenvalue weighted by Gasteiger charge is -2.04. The van der Waals surface area contributed by atoms with E-state index in [9.17, 15) is 9.59 Å². The molecule has 0 spiro atoms. The third-order valence-electron chi connectivity index (χ3n) is 4.23. The lowest BCUT2D eigenvalue weighted by atomic mass is 10.0. The quantitative estimate of drug-likeness (QED) is 0.764. The average molecular weight is 335 g/mol. The second-order valence-corrected chi connectivity index (χ2v) is 6.05. The third kappa shape index (κ3) is 2.96. The van der Waals surface area contributed by atoms with E-state index in [1.165, 1.54) is 0 Å². The highest BCUT2D eigenvalue weighted by Crippen LogP contribution is 2.30. The van der Waals surface area contributed by atoms with Crippen LogP contribution in [0.25, 0.3) is 16.8 Å². The molecule has 3 aromatic rings. The van der Waals surface area contributed by atoms with Crippen molar-refractivity contribution < 1.29 is 9.59 Å². The Kier molecular flexibility index (Phi) is 3.68. The Balaban J connectivity index is 1.68. The number of benzene rings is 1. The number of carbonyl (C=O) groups is 2. The number of hydrogen-bond donors (Lipinski definition) is 2. The van der Waals surface area contributed by atoms with Crippen molar-refractivity contribution in [3.8, 4) is 11.1 Å². The summed E-state index contributed by atoms with van der Waals surface area (Å²) in [5.74, 6) is 0.263. The van der Waals surface area contributed by atoms with Crippen molar-refractivity contribution in [2.75, 3.05) is 12.4 Å². The Hall–Kier alpha value is -3.22. The van der Waals surface area contributed by atoms with Gasteiger partial charge in [0.05, 0.1) is 0 Å². The van der Waals surface area contributed by atoms with Gasteiger partial charge in [-0.05, 0) is 42.7 Å². The molecule has 1 fully saturated rings. The second kappa shape index (κ2) is 6.01. The molecule has 0 atom stereocenters. The van der Waals surface area contributed by atoms with E-state index in [0.717, 1.165) is 24.0 Å². The van der Waals surface area contributed by atoms with Gasteiger partial charge >= 0.3 is 0 Å². The number of nitrogens with zero attached hydrogens (tertiary/aromatic N) is 3. The standard InChI is InChI=1S/C18H17N5O2/c1-19-16(24)12-6-4-11(5-7-12)14-3-2-10-23-15(14)20-18(22-23)21-17(25)13-8-9-13/h2-7,10,13H,8-9H2,1H3,(H,19,24)(H,21,22,25). The van der Waals surface area contributed by atoms with Crippen molar-refractivity contribution in [3.05, 3.63) is 48.2 Å². The molecule has 25 heavy (non-hydrogen) atoms. The Morgan fingerprint density at radius 1 is 1.16 bits per heavy atom. The summed E-state index contributed by atoms with van der Waals surface area (Å²) >= 11 is 0. The zero-order chi connectivity index (χ0) is 17.4. The molecule has 0 unspecified atom stereocenters. The van der Waals surface area contributed by atoms with Crippen LogP contribution in [-0.4, -0.2) is 33.5 Å². The smallest absolute Gasteiger partial charge is 0.251 e. The molecule has 1 aliphatic carbocycles. The van der Waals surface area contributed by atoms with Crippen LogP contribution in [0.15, 0.2) is 42.6 Å². The van der Waals surface area contributed by atoms with Crippen LogP contribution in [0.2, 0.25) is 0 Å². The molecule has 0 bridgehead atoms. The highest BCUT2D eigenvalue weighted by Gasteiger charge is 2.30. The second-order valence-electron chi connectivity index (χ2n) is 6.05. The molecule has 2 amide bonds. The molecule has 2 heterocycles. The predicted octanol–water partition coefficient (Wildman–Crippen LogP) is 2.10. The monoisotopic (exact) mass is 335 g/mol. The molecule has 0 radical (unpaired) electrons. The first-order chi connectivity index (χ1) is 12.2. The molecule has 0 saturated heterocycles. The van der Waals surface area contributed by atoms with E-state index >= 15 is 0 Å². The molecular formula is C18H17N5O2. The van der Waals surface area contributed by atoms with Crippen molar-refractivity contribution in [2.45, 2.75) is 12.8 Å². The fourth-order valence-corrected chi connectivity index (χ4v) is 2.69. The fourth-order valence-electron chi connectivity index (χ4n) is 2.69. The summed E-state index contributed by atoms with van der Waals surface area (Å²) in [6.45, 7) is 0. The first kappa shape index (κ1) is 15.3. The minimum absolute atomic E-state index is 0.0209. The molecule has 2 N–H and O–H groups in total. The van der Waals surface area contributed by atoms with E-state index < -0.39 is 0 Å². The summed E-state index contributed by atoms with van der Waals surface area (Å²) in [6.07, 6.45) is 3.65. The SMILES string of the molecule is CNC(=O)c1ccc(-c2cccn3nc(NC(=O)C4CC4)nc23)cc1.